The maximum absolute atomic E-state index is 13.7. The summed E-state index contributed by atoms with van der Waals surface area (Å²) in [5.74, 6) is -0.0734. The summed E-state index contributed by atoms with van der Waals surface area (Å²) >= 11 is 0. The second kappa shape index (κ2) is 11.5. The van der Waals surface area contributed by atoms with Crippen LogP contribution in [-0.4, -0.2) is 49.2 Å². The Morgan fingerprint density at radius 2 is 1.58 bits per heavy atom. The van der Waals surface area contributed by atoms with E-state index in [0.29, 0.717) is 13.1 Å². The zero-order chi connectivity index (χ0) is 23.1. The molecule has 1 amide bonds. The van der Waals surface area contributed by atoms with Gasteiger partial charge in [0.2, 0.25) is 15.9 Å². The highest BCUT2D eigenvalue weighted by Gasteiger charge is 2.35. The van der Waals surface area contributed by atoms with Crippen molar-refractivity contribution < 1.29 is 13.2 Å². The Bertz CT molecular complexity index is 791. The number of hydrogen-bond donors (Lipinski definition) is 0. The molecule has 0 N–H and O–H groups in total. The minimum Gasteiger partial charge on any atom is -0.342 e. The Balaban J connectivity index is 2.32. The third-order valence-electron chi connectivity index (χ3n) is 6.23. The van der Waals surface area contributed by atoms with Crippen LogP contribution in [0.2, 0.25) is 0 Å². The summed E-state index contributed by atoms with van der Waals surface area (Å²) in [5.41, 5.74) is 1.06. The van der Waals surface area contributed by atoms with Crippen molar-refractivity contribution >= 4 is 15.9 Å². The molecule has 0 aromatic heterocycles. The maximum atomic E-state index is 13.7. The molecular weight excluding hydrogens is 408 g/mol. The molecule has 1 aromatic rings. The minimum atomic E-state index is -3.74. The fourth-order valence-electron chi connectivity index (χ4n) is 4.26. The lowest BCUT2D eigenvalue weighted by atomic mass is 9.87. The van der Waals surface area contributed by atoms with Crippen molar-refractivity contribution in [3.05, 3.63) is 29.8 Å². The molecule has 2 rings (SSSR count). The molecule has 0 heterocycles. The fraction of sp³-hybridized carbons (Fsp3) is 0.720. The minimum absolute atomic E-state index is 0.0404. The van der Waals surface area contributed by atoms with Crippen LogP contribution < -0.4 is 0 Å². The summed E-state index contributed by atoms with van der Waals surface area (Å²) in [6.45, 7) is 11.8. The predicted molar refractivity (Wildman–Crippen MR) is 128 cm³/mol. The van der Waals surface area contributed by atoms with Crippen LogP contribution in [0.1, 0.15) is 91.5 Å². The number of carbonyl (C=O) groups is 1. The van der Waals surface area contributed by atoms with Gasteiger partial charge in [0.25, 0.3) is 0 Å². The number of carbonyl (C=O) groups excluding carboxylic acids is 1. The van der Waals surface area contributed by atoms with Gasteiger partial charge in [-0.1, -0.05) is 72.4 Å². The first-order valence-corrected chi connectivity index (χ1v) is 13.5. The van der Waals surface area contributed by atoms with E-state index in [1.807, 2.05) is 17.0 Å². The lowest BCUT2D eigenvalue weighted by Crippen LogP contribution is -2.48. The monoisotopic (exact) mass is 450 g/mol. The second-order valence-electron chi connectivity index (χ2n) is 9.85. The maximum Gasteiger partial charge on any atom is 0.243 e. The van der Waals surface area contributed by atoms with E-state index >= 15 is 0 Å². The Morgan fingerprint density at radius 1 is 0.968 bits per heavy atom. The molecule has 1 fully saturated rings. The van der Waals surface area contributed by atoms with Crippen LogP contribution >= 0.6 is 0 Å². The van der Waals surface area contributed by atoms with Crippen molar-refractivity contribution in [3.63, 3.8) is 0 Å². The topological polar surface area (TPSA) is 57.7 Å². The molecule has 1 aliphatic carbocycles. The van der Waals surface area contributed by atoms with Gasteiger partial charge in [0.05, 0.1) is 11.4 Å². The van der Waals surface area contributed by atoms with Gasteiger partial charge in [-0.2, -0.15) is 4.31 Å². The molecule has 31 heavy (non-hydrogen) atoms. The lowest BCUT2D eigenvalue weighted by Gasteiger charge is -2.34. The zero-order valence-corrected chi connectivity index (χ0v) is 21.0. The van der Waals surface area contributed by atoms with E-state index < -0.39 is 10.0 Å². The van der Waals surface area contributed by atoms with Crippen LogP contribution in [0.15, 0.2) is 29.2 Å². The van der Waals surface area contributed by atoms with Gasteiger partial charge in [-0.25, -0.2) is 8.42 Å². The largest absolute Gasteiger partial charge is 0.342 e. The van der Waals surface area contributed by atoms with Crippen molar-refractivity contribution in [1.82, 2.24) is 9.21 Å². The third-order valence-corrected chi connectivity index (χ3v) is 8.14. The Hall–Kier alpha value is -1.40. The number of amides is 1. The van der Waals surface area contributed by atoms with Crippen molar-refractivity contribution in [2.45, 2.75) is 102 Å². The first kappa shape index (κ1) is 25.9. The fourth-order valence-corrected chi connectivity index (χ4v) is 5.89. The summed E-state index contributed by atoms with van der Waals surface area (Å²) < 4.78 is 28.9. The van der Waals surface area contributed by atoms with E-state index in [1.54, 1.807) is 12.1 Å². The van der Waals surface area contributed by atoms with Crippen molar-refractivity contribution in [3.8, 4) is 0 Å². The van der Waals surface area contributed by atoms with Crippen LogP contribution in [-0.2, 0) is 20.2 Å². The molecule has 176 valence electrons. The van der Waals surface area contributed by atoms with Gasteiger partial charge in [0, 0.05) is 19.1 Å². The van der Waals surface area contributed by atoms with Gasteiger partial charge < -0.3 is 4.90 Å². The number of hydrogen-bond acceptors (Lipinski definition) is 3. The van der Waals surface area contributed by atoms with Crippen LogP contribution in [0.25, 0.3) is 0 Å². The summed E-state index contributed by atoms with van der Waals surface area (Å²) in [6.07, 6.45) is 7.65. The highest BCUT2D eigenvalue weighted by atomic mass is 32.2. The number of unbranched alkanes of at least 4 members (excludes halogenated alkanes) is 1. The zero-order valence-electron chi connectivity index (χ0n) is 20.2. The molecule has 1 aliphatic rings. The molecular formula is C25H42N2O3S. The van der Waals surface area contributed by atoms with E-state index in [1.165, 1.54) is 4.31 Å². The van der Waals surface area contributed by atoms with E-state index in [0.717, 1.165) is 56.9 Å². The first-order valence-electron chi connectivity index (χ1n) is 12.0. The van der Waals surface area contributed by atoms with Crippen LogP contribution in [0.3, 0.4) is 0 Å². The predicted octanol–water partition coefficient (Wildman–Crippen LogP) is 5.35. The second-order valence-corrected chi connectivity index (χ2v) is 11.7. The molecule has 6 heteroatoms. The van der Waals surface area contributed by atoms with Gasteiger partial charge in [0.1, 0.15) is 0 Å². The summed E-state index contributed by atoms with van der Waals surface area (Å²) in [6, 6.07) is 7.12. The van der Waals surface area contributed by atoms with E-state index in [-0.39, 0.29) is 28.8 Å². The summed E-state index contributed by atoms with van der Waals surface area (Å²) in [7, 11) is -3.74. The summed E-state index contributed by atoms with van der Waals surface area (Å²) in [5, 5.41) is 0. The van der Waals surface area contributed by atoms with Crippen LogP contribution in [0.4, 0.5) is 0 Å². The molecule has 0 radical (unpaired) electrons. The molecule has 0 bridgehead atoms. The Labute approximate surface area is 190 Å². The molecule has 0 aliphatic heterocycles. The smallest absolute Gasteiger partial charge is 0.243 e. The van der Waals surface area contributed by atoms with Gasteiger partial charge in [-0.3, -0.25) is 4.79 Å². The standard InChI is InChI=1S/C25H42N2O3S/c1-6-8-19-26(18-7-2)24(28)20-27(22-12-10-9-11-13-22)31(29,30)23-16-14-21(15-17-23)25(3,4)5/h14-17,22H,6-13,18-20H2,1-5H3. The average Bonchev–Trinajstić information content (AvgIpc) is 2.74. The van der Waals surface area contributed by atoms with E-state index in [9.17, 15) is 13.2 Å². The molecule has 1 aromatic carbocycles. The highest BCUT2D eigenvalue weighted by molar-refractivity contribution is 7.89. The van der Waals surface area contributed by atoms with Crippen molar-refractivity contribution in [1.29, 1.82) is 0 Å². The molecule has 0 unspecified atom stereocenters. The normalized spacial score (nSPS) is 15.9. The Kier molecular flexibility index (Phi) is 9.56. The van der Waals surface area contributed by atoms with Gasteiger partial charge in [-0.15, -0.1) is 0 Å². The van der Waals surface area contributed by atoms with E-state index in [4.69, 9.17) is 0 Å². The number of benzene rings is 1. The van der Waals surface area contributed by atoms with Crippen molar-refractivity contribution in [2.24, 2.45) is 0 Å². The molecule has 1 saturated carbocycles. The number of sulfonamides is 1. The SMILES string of the molecule is CCCCN(CCC)C(=O)CN(C1CCCCC1)S(=O)(=O)c1ccc(C(C)(C)C)cc1. The number of nitrogens with zero attached hydrogens (tertiary/aromatic N) is 2. The Morgan fingerprint density at radius 3 is 2.10 bits per heavy atom. The summed E-state index contributed by atoms with van der Waals surface area (Å²) in [4.78, 5) is 15.3. The van der Waals surface area contributed by atoms with Crippen LogP contribution in [0, 0.1) is 0 Å². The third kappa shape index (κ3) is 7.04. The highest BCUT2D eigenvalue weighted by Crippen LogP contribution is 2.29. The van der Waals surface area contributed by atoms with E-state index in [2.05, 4.69) is 34.6 Å². The lowest BCUT2D eigenvalue weighted by molar-refractivity contribution is -0.132. The first-order chi connectivity index (χ1) is 14.6. The van der Waals surface area contributed by atoms with Gasteiger partial charge >= 0.3 is 0 Å². The number of rotatable bonds is 10. The van der Waals surface area contributed by atoms with Gasteiger partial charge in [0.15, 0.2) is 0 Å². The van der Waals surface area contributed by atoms with Crippen LogP contribution in [0.5, 0.6) is 0 Å². The molecule has 0 spiro atoms. The molecule has 0 atom stereocenters. The van der Waals surface area contributed by atoms with Crippen molar-refractivity contribution in [2.75, 3.05) is 19.6 Å². The van der Waals surface area contributed by atoms with Gasteiger partial charge in [-0.05, 0) is 48.8 Å². The average molecular weight is 451 g/mol. The quantitative estimate of drug-likeness (QED) is 0.483. The molecule has 0 saturated heterocycles. The molecule has 5 nitrogen and oxygen atoms in total.